The summed E-state index contributed by atoms with van der Waals surface area (Å²) in [7, 11) is 0. The minimum Gasteiger partial charge on any atom is -0.478 e. The van der Waals surface area contributed by atoms with E-state index in [1.807, 2.05) is 11.5 Å². The molecular formula is C13H11N3O3. The van der Waals surface area contributed by atoms with E-state index >= 15 is 0 Å². The maximum absolute atomic E-state index is 11.3. The molecule has 0 aliphatic carbocycles. The Morgan fingerprint density at radius 2 is 2.26 bits per heavy atom. The van der Waals surface area contributed by atoms with Crippen molar-refractivity contribution in [3.8, 4) is 0 Å². The van der Waals surface area contributed by atoms with Crippen molar-refractivity contribution in [2.45, 2.75) is 13.5 Å². The molecule has 2 aromatic heterocycles. The molecule has 3 aromatic rings. The van der Waals surface area contributed by atoms with Crippen LogP contribution >= 0.6 is 0 Å². The lowest BCUT2D eigenvalue weighted by Crippen LogP contribution is -2.05. The van der Waals surface area contributed by atoms with Crippen LogP contribution in [0, 0.1) is 6.92 Å². The summed E-state index contributed by atoms with van der Waals surface area (Å²) in [6.45, 7) is 2.24. The zero-order valence-electron chi connectivity index (χ0n) is 10.2. The Kier molecular flexibility index (Phi) is 2.56. The predicted octanol–water partition coefficient (Wildman–Crippen LogP) is 2.08. The first-order valence-electron chi connectivity index (χ1n) is 5.75. The second-order valence-electron chi connectivity index (χ2n) is 4.20. The highest BCUT2D eigenvalue weighted by Crippen LogP contribution is 2.21. The largest absolute Gasteiger partial charge is 0.478 e. The lowest BCUT2D eigenvalue weighted by Gasteiger charge is -2.06. The van der Waals surface area contributed by atoms with Gasteiger partial charge >= 0.3 is 5.97 Å². The van der Waals surface area contributed by atoms with Gasteiger partial charge in [0.15, 0.2) is 5.76 Å². The van der Waals surface area contributed by atoms with Crippen LogP contribution in [0.15, 0.2) is 35.0 Å². The van der Waals surface area contributed by atoms with E-state index in [9.17, 15) is 9.90 Å². The molecule has 0 unspecified atom stereocenters. The fourth-order valence-electron chi connectivity index (χ4n) is 2.15. The van der Waals surface area contributed by atoms with Gasteiger partial charge in [-0.3, -0.25) is 0 Å². The van der Waals surface area contributed by atoms with E-state index in [0.717, 1.165) is 5.82 Å². The number of nitrogens with zero attached hydrogens (tertiary/aromatic N) is 3. The Hall–Kier alpha value is -2.63. The van der Waals surface area contributed by atoms with Gasteiger partial charge in [-0.25, -0.2) is 9.78 Å². The summed E-state index contributed by atoms with van der Waals surface area (Å²) < 4.78 is 6.88. The van der Waals surface area contributed by atoms with Crippen molar-refractivity contribution in [2.24, 2.45) is 0 Å². The molecule has 0 atom stereocenters. The standard InChI is InChI=1S/C13H11N3O3/c1-8-15-11-4-2-3-10(13(17)18)12(11)16(8)7-9-5-6-14-19-9/h2-6H,7H2,1H3,(H,17,18). The van der Waals surface area contributed by atoms with Gasteiger partial charge in [-0.2, -0.15) is 0 Å². The lowest BCUT2D eigenvalue weighted by atomic mass is 10.2. The average molecular weight is 257 g/mol. The highest BCUT2D eigenvalue weighted by molar-refractivity contribution is 6.01. The molecule has 3 rings (SSSR count). The lowest BCUT2D eigenvalue weighted by molar-refractivity contribution is 0.0698. The van der Waals surface area contributed by atoms with Gasteiger partial charge in [0.25, 0.3) is 0 Å². The molecule has 0 radical (unpaired) electrons. The number of aromatic carboxylic acids is 1. The smallest absolute Gasteiger partial charge is 0.337 e. The molecule has 0 aliphatic heterocycles. The molecule has 0 bridgehead atoms. The van der Waals surface area contributed by atoms with Crippen molar-refractivity contribution in [3.63, 3.8) is 0 Å². The van der Waals surface area contributed by atoms with Gasteiger partial charge in [0.05, 0.1) is 29.3 Å². The molecule has 0 fully saturated rings. The Bertz CT molecular complexity index is 744. The first kappa shape index (κ1) is 11.5. The molecule has 0 saturated carbocycles. The summed E-state index contributed by atoms with van der Waals surface area (Å²) in [5, 5.41) is 12.9. The van der Waals surface area contributed by atoms with Gasteiger partial charge in [-0.15, -0.1) is 0 Å². The van der Waals surface area contributed by atoms with Crippen molar-refractivity contribution in [2.75, 3.05) is 0 Å². The topological polar surface area (TPSA) is 81.1 Å². The Balaban J connectivity index is 2.22. The van der Waals surface area contributed by atoms with E-state index < -0.39 is 5.97 Å². The third-order valence-corrected chi connectivity index (χ3v) is 2.99. The van der Waals surface area contributed by atoms with Gasteiger partial charge < -0.3 is 14.2 Å². The maximum Gasteiger partial charge on any atom is 0.337 e. The molecule has 19 heavy (non-hydrogen) atoms. The molecule has 0 amide bonds. The first-order chi connectivity index (χ1) is 9.16. The van der Waals surface area contributed by atoms with Crippen LogP contribution in [0.2, 0.25) is 0 Å². The summed E-state index contributed by atoms with van der Waals surface area (Å²) in [6.07, 6.45) is 1.56. The summed E-state index contributed by atoms with van der Waals surface area (Å²) in [6, 6.07) is 6.81. The van der Waals surface area contributed by atoms with Crippen molar-refractivity contribution >= 4 is 17.0 Å². The van der Waals surface area contributed by atoms with Crippen LogP contribution in [0.3, 0.4) is 0 Å². The third-order valence-electron chi connectivity index (χ3n) is 2.99. The number of carboxylic acid groups (broad SMARTS) is 1. The van der Waals surface area contributed by atoms with E-state index in [1.165, 1.54) is 0 Å². The molecule has 6 heteroatoms. The Morgan fingerprint density at radius 1 is 1.42 bits per heavy atom. The second-order valence-corrected chi connectivity index (χ2v) is 4.20. The number of hydrogen-bond donors (Lipinski definition) is 1. The summed E-state index contributed by atoms with van der Waals surface area (Å²) in [5.41, 5.74) is 1.50. The number of aryl methyl sites for hydroxylation is 1. The fraction of sp³-hybridized carbons (Fsp3) is 0.154. The highest BCUT2D eigenvalue weighted by Gasteiger charge is 2.16. The minimum absolute atomic E-state index is 0.234. The number of benzene rings is 1. The number of carbonyl (C=O) groups is 1. The minimum atomic E-state index is -0.968. The van der Waals surface area contributed by atoms with E-state index in [4.69, 9.17) is 4.52 Å². The molecule has 1 aromatic carbocycles. The normalized spacial score (nSPS) is 11.0. The summed E-state index contributed by atoms with van der Waals surface area (Å²) in [5.74, 6) is 0.423. The maximum atomic E-state index is 11.3. The summed E-state index contributed by atoms with van der Waals surface area (Å²) >= 11 is 0. The summed E-state index contributed by atoms with van der Waals surface area (Å²) in [4.78, 5) is 15.7. The molecule has 1 N–H and O–H groups in total. The van der Waals surface area contributed by atoms with Gasteiger partial charge in [0, 0.05) is 6.07 Å². The zero-order valence-corrected chi connectivity index (χ0v) is 10.2. The highest BCUT2D eigenvalue weighted by atomic mass is 16.5. The Morgan fingerprint density at radius 3 is 2.95 bits per heavy atom. The van der Waals surface area contributed by atoms with E-state index in [2.05, 4.69) is 10.1 Å². The van der Waals surface area contributed by atoms with Crippen molar-refractivity contribution in [3.05, 3.63) is 47.6 Å². The monoisotopic (exact) mass is 257 g/mol. The third kappa shape index (κ3) is 1.87. The molecule has 0 spiro atoms. The SMILES string of the molecule is Cc1nc2cccc(C(=O)O)c2n1Cc1ccno1. The number of aromatic nitrogens is 3. The predicted molar refractivity (Wildman–Crippen MR) is 67.0 cm³/mol. The fourth-order valence-corrected chi connectivity index (χ4v) is 2.15. The average Bonchev–Trinajstić information content (AvgIpc) is 2.98. The molecule has 6 nitrogen and oxygen atoms in total. The first-order valence-corrected chi connectivity index (χ1v) is 5.75. The molecule has 0 saturated heterocycles. The number of hydrogen-bond acceptors (Lipinski definition) is 4. The van der Waals surface area contributed by atoms with Crippen LogP contribution in [0.5, 0.6) is 0 Å². The number of carboxylic acids is 1. The van der Waals surface area contributed by atoms with E-state index in [0.29, 0.717) is 23.3 Å². The van der Waals surface area contributed by atoms with E-state index in [1.54, 1.807) is 30.5 Å². The number of rotatable bonds is 3. The van der Waals surface area contributed by atoms with Crippen LogP contribution < -0.4 is 0 Å². The molecule has 2 heterocycles. The van der Waals surface area contributed by atoms with Gasteiger partial charge in [-0.05, 0) is 19.1 Å². The van der Waals surface area contributed by atoms with Crippen LogP contribution in [-0.2, 0) is 6.54 Å². The van der Waals surface area contributed by atoms with Crippen molar-refractivity contribution in [1.82, 2.24) is 14.7 Å². The Labute approximate surface area is 108 Å². The molecular weight excluding hydrogens is 246 g/mol. The second kappa shape index (κ2) is 4.24. The van der Waals surface area contributed by atoms with Gasteiger partial charge in [0.2, 0.25) is 0 Å². The molecule has 96 valence electrons. The van der Waals surface area contributed by atoms with E-state index in [-0.39, 0.29) is 5.56 Å². The van der Waals surface area contributed by atoms with Crippen LogP contribution in [0.4, 0.5) is 0 Å². The molecule has 0 aliphatic rings. The zero-order chi connectivity index (χ0) is 13.4. The number of fused-ring (bicyclic) bond motifs is 1. The van der Waals surface area contributed by atoms with Crippen molar-refractivity contribution < 1.29 is 14.4 Å². The van der Waals surface area contributed by atoms with Crippen LogP contribution in [-0.4, -0.2) is 25.8 Å². The van der Waals surface area contributed by atoms with Crippen LogP contribution in [0.25, 0.3) is 11.0 Å². The number of para-hydroxylation sites is 1. The number of imidazole rings is 1. The quantitative estimate of drug-likeness (QED) is 0.776. The van der Waals surface area contributed by atoms with Gasteiger partial charge in [-0.1, -0.05) is 11.2 Å². The van der Waals surface area contributed by atoms with Crippen LogP contribution in [0.1, 0.15) is 21.9 Å². The van der Waals surface area contributed by atoms with Gasteiger partial charge in [0.1, 0.15) is 5.82 Å². The van der Waals surface area contributed by atoms with Crippen molar-refractivity contribution in [1.29, 1.82) is 0 Å².